The molecule has 0 unspecified atom stereocenters. The van der Waals surface area contributed by atoms with Gasteiger partial charge in [-0.1, -0.05) is 0 Å². The first-order chi connectivity index (χ1) is 17.1. The van der Waals surface area contributed by atoms with E-state index in [0.717, 1.165) is 22.4 Å². The molecule has 13 heteroatoms. The minimum absolute atomic E-state index is 0.203. The van der Waals surface area contributed by atoms with Crippen molar-refractivity contribution in [2.75, 3.05) is 28.2 Å². The number of carbonyl (C=O) groups is 2. The van der Waals surface area contributed by atoms with Gasteiger partial charge in [0.05, 0.1) is 21.6 Å². The molecule has 0 saturated carbocycles. The maximum absolute atomic E-state index is 13.4. The Balaban J connectivity index is 1.41. The van der Waals surface area contributed by atoms with Crippen LogP contribution < -0.4 is 20.4 Å². The number of amides is 3. The second kappa shape index (κ2) is 9.04. The van der Waals surface area contributed by atoms with E-state index >= 15 is 0 Å². The number of pyridine rings is 2. The average molecular weight is 518 g/mol. The van der Waals surface area contributed by atoms with Crippen molar-refractivity contribution in [3.05, 3.63) is 47.4 Å². The van der Waals surface area contributed by atoms with Gasteiger partial charge in [-0.05, 0) is 50.1 Å². The minimum Gasteiger partial charge on any atom is -0.366 e. The summed E-state index contributed by atoms with van der Waals surface area (Å²) in [6.07, 6.45) is -0.556. The van der Waals surface area contributed by atoms with Crippen molar-refractivity contribution in [1.29, 1.82) is 0 Å². The zero-order valence-corrected chi connectivity index (χ0v) is 20.2. The maximum Gasteiger partial charge on any atom is 0.408 e. The highest BCUT2D eigenvalue weighted by Crippen LogP contribution is 2.39. The number of thiazole rings is 1. The molecule has 188 valence electrons. The summed E-state index contributed by atoms with van der Waals surface area (Å²) in [5.74, 6) is -0.411. The molecular formula is C23H22F3N7O2S. The number of hydrogen-bond acceptors (Lipinski definition) is 7. The Morgan fingerprint density at radius 2 is 2.03 bits per heavy atom. The zero-order chi connectivity index (χ0) is 25.6. The number of alkyl halides is 3. The molecule has 2 N–H and O–H groups in total. The van der Waals surface area contributed by atoms with Crippen LogP contribution >= 0.6 is 11.3 Å². The Bertz CT molecular complexity index is 1330. The minimum atomic E-state index is -4.58. The van der Waals surface area contributed by atoms with Crippen molar-refractivity contribution in [3.63, 3.8) is 0 Å². The predicted molar refractivity (Wildman–Crippen MR) is 129 cm³/mol. The smallest absolute Gasteiger partial charge is 0.366 e. The number of fused-ring (bicyclic) bond motifs is 4. The third-order valence-corrected chi connectivity index (χ3v) is 7.10. The topological polar surface area (TPSA) is 103 Å². The Morgan fingerprint density at radius 3 is 2.75 bits per heavy atom. The summed E-state index contributed by atoms with van der Waals surface area (Å²) in [4.78, 5) is 43.2. The van der Waals surface area contributed by atoms with Gasteiger partial charge in [-0.25, -0.2) is 19.7 Å². The molecule has 0 aliphatic carbocycles. The number of carbonyl (C=O) groups excluding carboxylic acids is 2. The molecule has 1 saturated heterocycles. The third kappa shape index (κ3) is 4.57. The maximum atomic E-state index is 13.4. The lowest BCUT2D eigenvalue weighted by Gasteiger charge is -2.35. The average Bonchev–Trinajstić information content (AvgIpc) is 3.45. The molecule has 3 amide bonds. The molecule has 1 fully saturated rings. The third-order valence-electron chi connectivity index (χ3n) is 6.14. The Hall–Kier alpha value is -3.74. The van der Waals surface area contributed by atoms with Gasteiger partial charge in [0.1, 0.15) is 17.6 Å². The molecule has 3 aromatic heterocycles. The van der Waals surface area contributed by atoms with E-state index in [4.69, 9.17) is 0 Å². The molecule has 2 aliphatic heterocycles. The van der Waals surface area contributed by atoms with E-state index in [1.165, 1.54) is 22.3 Å². The summed E-state index contributed by atoms with van der Waals surface area (Å²) >= 11 is 1.52. The van der Waals surface area contributed by atoms with Gasteiger partial charge in [-0.3, -0.25) is 15.0 Å². The van der Waals surface area contributed by atoms with Crippen LogP contribution in [0.5, 0.6) is 0 Å². The van der Waals surface area contributed by atoms with Crippen LogP contribution in [0.3, 0.4) is 0 Å². The lowest BCUT2D eigenvalue weighted by Crippen LogP contribution is -2.49. The Morgan fingerprint density at radius 1 is 1.22 bits per heavy atom. The molecule has 0 spiro atoms. The molecule has 5 heterocycles. The second-order valence-electron chi connectivity index (χ2n) is 8.64. The number of halogens is 3. The second-order valence-corrected chi connectivity index (χ2v) is 9.87. The van der Waals surface area contributed by atoms with Crippen molar-refractivity contribution in [2.24, 2.45) is 0 Å². The Labute approximate surface area is 208 Å². The van der Waals surface area contributed by atoms with Crippen LogP contribution in [0.4, 0.5) is 35.3 Å². The summed E-state index contributed by atoms with van der Waals surface area (Å²) in [6.45, 7) is 4.04. The molecule has 2 bridgehead atoms. The molecule has 36 heavy (non-hydrogen) atoms. The van der Waals surface area contributed by atoms with Crippen LogP contribution in [0.25, 0.3) is 10.4 Å². The van der Waals surface area contributed by atoms with Crippen LogP contribution in [0, 0.1) is 6.92 Å². The predicted octanol–water partition coefficient (Wildman–Crippen LogP) is 4.22. The number of nitrogens with zero attached hydrogens (tertiary/aromatic N) is 5. The summed E-state index contributed by atoms with van der Waals surface area (Å²) in [7, 11) is 0. The lowest BCUT2D eigenvalue weighted by molar-refractivity contribution is -0.149. The van der Waals surface area contributed by atoms with Gasteiger partial charge >= 0.3 is 12.2 Å². The number of anilines is 3. The monoisotopic (exact) mass is 517 g/mol. The summed E-state index contributed by atoms with van der Waals surface area (Å²) in [5.41, 5.74) is 1.29. The largest absolute Gasteiger partial charge is 0.408 e. The quantitative estimate of drug-likeness (QED) is 0.537. The molecule has 2 atom stereocenters. The number of rotatable bonds is 4. The SMILES string of the molecule is Cc1ncc(-c2ccnc(NC(=O)N3c4nc(C(=O)N[C@H](C)C(F)(F)F)ccc4N4CC[C@H]3C4)c2)s1. The van der Waals surface area contributed by atoms with Gasteiger partial charge in [0.25, 0.3) is 5.91 Å². The molecule has 3 aromatic rings. The number of aryl methyl sites for hydroxylation is 1. The summed E-state index contributed by atoms with van der Waals surface area (Å²) in [6, 6.07) is 3.82. The van der Waals surface area contributed by atoms with E-state index < -0.39 is 24.2 Å². The van der Waals surface area contributed by atoms with Gasteiger partial charge in [0, 0.05) is 25.5 Å². The standard InChI is InChI=1S/C23H22F3N7O2S/c1-12(23(24,25)26)29-21(34)16-3-4-17-20(30-16)33(15-6-8-32(17)11-15)22(35)31-19-9-14(5-7-27-19)18-10-28-13(2)36-18/h3-5,7,9-10,12,15H,6,8,11H2,1-2H3,(H,29,34)(H,27,31,35)/t12-,15+/m1/s1. The first kappa shape index (κ1) is 24.0. The zero-order valence-electron chi connectivity index (χ0n) is 19.3. The van der Waals surface area contributed by atoms with E-state index in [9.17, 15) is 22.8 Å². The van der Waals surface area contributed by atoms with Crippen LogP contribution in [0.1, 0.15) is 28.8 Å². The molecular weight excluding hydrogens is 495 g/mol. The first-order valence-corrected chi connectivity index (χ1v) is 12.0. The number of hydrogen-bond donors (Lipinski definition) is 2. The lowest BCUT2D eigenvalue weighted by atomic mass is 10.1. The van der Waals surface area contributed by atoms with E-state index in [1.54, 1.807) is 24.5 Å². The highest BCUT2D eigenvalue weighted by molar-refractivity contribution is 7.15. The van der Waals surface area contributed by atoms with Gasteiger partial charge in [-0.15, -0.1) is 11.3 Å². The van der Waals surface area contributed by atoms with Crippen LogP contribution in [-0.2, 0) is 0 Å². The number of urea groups is 1. The summed E-state index contributed by atoms with van der Waals surface area (Å²) in [5, 5.41) is 5.64. The van der Waals surface area contributed by atoms with E-state index in [2.05, 4.69) is 20.3 Å². The summed E-state index contributed by atoms with van der Waals surface area (Å²) < 4.78 is 38.7. The van der Waals surface area contributed by atoms with E-state index in [0.29, 0.717) is 31.0 Å². The van der Waals surface area contributed by atoms with Gasteiger partial charge in [0.15, 0.2) is 5.82 Å². The molecule has 5 rings (SSSR count). The van der Waals surface area contributed by atoms with Gasteiger partial charge < -0.3 is 10.2 Å². The molecule has 9 nitrogen and oxygen atoms in total. The van der Waals surface area contributed by atoms with Crippen molar-refractivity contribution < 1.29 is 22.8 Å². The fraction of sp³-hybridized carbons (Fsp3) is 0.348. The van der Waals surface area contributed by atoms with E-state index in [1.807, 2.05) is 23.2 Å². The van der Waals surface area contributed by atoms with E-state index in [-0.39, 0.29) is 17.6 Å². The van der Waals surface area contributed by atoms with Gasteiger partial charge in [0.2, 0.25) is 0 Å². The van der Waals surface area contributed by atoms with Gasteiger partial charge in [-0.2, -0.15) is 13.2 Å². The van der Waals surface area contributed by atoms with Crippen molar-refractivity contribution >= 4 is 40.6 Å². The van der Waals surface area contributed by atoms with Crippen molar-refractivity contribution in [1.82, 2.24) is 20.3 Å². The fourth-order valence-electron chi connectivity index (χ4n) is 4.27. The molecule has 0 radical (unpaired) electrons. The number of nitrogens with one attached hydrogen (secondary N) is 2. The van der Waals surface area contributed by atoms with Crippen LogP contribution in [-0.4, -0.2) is 58.2 Å². The Kier molecular flexibility index (Phi) is 6.02. The van der Waals surface area contributed by atoms with Crippen LogP contribution in [0.2, 0.25) is 0 Å². The fourth-order valence-corrected chi connectivity index (χ4v) is 5.04. The van der Waals surface area contributed by atoms with Crippen LogP contribution in [0.15, 0.2) is 36.7 Å². The first-order valence-electron chi connectivity index (χ1n) is 11.2. The van der Waals surface area contributed by atoms with Crippen molar-refractivity contribution in [2.45, 2.75) is 38.5 Å². The normalized spacial score (nSPS) is 17.5. The molecule has 2 aliphatic rings. The molecule has 0 aromatic carbocycles. The highest BCUT2D eigenvalue weighted by atomic mass is 32.1. The van der Waals surface area contributed by atoms with Crippen molar-refractivity contribution in [3.8, 4) is 10.4 Å². The number of aromatic nitrogens is 3. The highest BCUT2D eigenvalue weighted by Gasteiger charge is 2.41.